The summed E-state index contributed by atoms with van der Waals surface area (Å²) in [5, 5.41) is 0. The minimum absolute atomic E-state index is 0. The fourth-order valence-corrected chi connectivity index (χ4v) is 0.250. The first-order chi connectivity index (χ1) is 5.00. The topological polar surface area (TPSA) is 17.1 Å². The first-order valence-corrected chi connectivity index (χ1v) is 4.75. The predicted molar refractivity (Wildman–Crippen MR) is 48.3 cm³/mol. The van der Waals surface area contributed by atoms with E-state index in [9.17, 15) is 0 Å². The van der Waals surface area contributed by atoms with Crippen molar-refractivity contribution < 1.29 is 21.0 Å². The van der Waals surface area contributed by atoms with E-state index < -0.39 is 0 Å². The minimum atomic E-state index is 0. The molecule has 1 nitrogen and oxygen atoms in total. The van der Waals surface area contributed by atoms with Gasteiger partial charge in [0, 0.05) is 0 Å². The summed E-state index contributed by atoms with van der Waals surface area (Å²) in [5.41, 5.74) is 0. The molecule has 0 radical (unpaired) electrons. The monoisotopic (exact) mass is 198 g/mol. The van der Waals surface area contributed by atoms with Crippen molar-refractivity contribution in [1.29, 1.82) is 0 Å². The van der Waals surface area contributed by atoms with E-state index in [-0.39, 0.29) is 7.43 Å². The third-order valence-electron chi connectivity index (χ3n) is 1.000. The average molecular weight is 198 g/mol. The molecule has 0 heterocycles. The van der Waals surface area contributed by atoms with E-state index in [1.54, 1.807) is 0 Å². The first kappa shape index (κ1) is 22.5. The third kappa shape index (κ3) is 38.0. The maximum absolute atomic E-state index is 8.19. The van der Waals surface area contributed by atoms with E-state index in [0.717, 1.165) is 17.4 Å². The van der Waals surface area contributed by atoms with Crippen LogP contribution in [0.5, 0.6) is 0 Å². The number of hydrogen-bond donors (Lipinski definition) is 0. The van der Waals surface area contributed by atoms with Gasteiger partial charge in [-0.05, 0) is 0 Å². The zero-order valence-electron chi connectivity index (χ0n) is 8.68. The van der Waals surface area contributed by atoms with Crippen molar-refractivity contribution in [2.24, 2.45) is 0 Å². The van der Waals surface area contributed by atoms with Crippen molar-refractivity contribution in [1.82, 2.24) is 0 Å². The number of rotatable bonds is 0. The molecule has 0 unspecified atom stereocenters. The molecular weight excluding hydrogens is 175 g/mol. The van der Waals surface area contributed by atoms with Gasteiger partial charge >= 0.3 is 21.0 Å². The summed E-state index contributed by atoms with van der Waals surface area (Å²) in [6.07, 6.45) is 6.00. The second kappa shape index (κ2) is 47.6. The molecule has 0 N–H and O–H groups in total. The fraction of sp³-hybridized carbons (Fsp3) is 0.889. The van der Waals surface area contributed by atoms with Crippen LogP contribution in [0.4, 0.5) is 0 Å². The summed E-state index contributed by atoms with van der Waals surface area (Å²) in [4.78, 5) is 0. The summed E-state index contributed by atoms with van der Waals surface area (Å²) in [7, 11) is 0. The van der Waals surface area contributed by atoms with Crippen LogP contribution in [0.1, 0.15) is 53.4 Å². The summed E-state index contributed by atoms with van der Waals surface area (Å²) >= 11 is 1.06. The van der Waals surface area contributed by atoms with Crippen LogP contribution in [0.2, 0.25) is 0 Å². The molecule has 1 fully saturated rings. The Morgan fingerprint density at radius 1 is 0.727 bits per heavy atom. The van der Waals surface area contributed by atoms with E-state index in [2.05, 4.69) is 0 Å². The van der Waals surface area contributed by atoms with E-state index in [0.29, 0.717) is 0 Å². The Bertz CT molecular complexity index is 24.7. The molecule has 0 atom stereocenters. The van der Waals surface area contributed by atoms with Gasteiger partial charge in [0.25, 0.3) is 0 Å². The molecule has 1 aliphatic carbocycles. The molecule has 0 aliphatic heterocycles. The van der Waals surface area contributed by atoms with Gasteiger partial charge in [-0.2, -0.15) is 0 Å². The second-order valence-corrected chi connectivity index (χ2v) is 1.41. The van der Waals surface area contributed by atoms with E-state index >= 15 is 0 Å². The van der Waals surface area contributed by atoms with Crippen molar-refractivity contribution in [3.8, 4) is 0 Å². The van der Waals surface area contributed by atoms with Crippen molar-refractivity contribution in [3.05, 3.63) is 7.43 Å². The molecule has 0 bridgehead atoms. The summed E-state index contributed by atoms with van der Waals surface area (Å²) in [5.74, 6) is 0. The van der Waals surface area contributed by atoms with Crippen molar-refractivity contribution >= 4 is 0 Å². The van der Waals surface area contributed by atoms with Crippen LogP contribution >= 0.6 is 0 Å². The third-order valence-corrected chi connectivity index (χ3v) is 1.000. The Hall–Kier alpha value is 0.384. The first-order valence-electron chi connectivity index (χ1n) is 4.18. The van der Waals surface area contributed by atoms with Crippen LogP contribution in [0.25, 0.3) is 0 Å². The summed E-state index contributed by atoms with van der Waals surface area (Å²) in [6, 6.07) is 0. The predicted octanol–water partition coefficient (Wildman–Crippen LogP) is 3.94. The zero-order chi connectivity index (χ0) is 8.83. The van der Waals surface area contributed by atoms with E-state index in [1.807, 2.05) is 27.7 Å². The van der Waals surface area contributed by atoms with Crippen molar-refractivity contribution in [3.63, 3.8) is 0 Å². The Morgan fingerprint density at radius 2 is 0.818 bits per heavy atom. The van der Waals surface area contributed by atoms with Gasteiger partial charge in [0.15, 0.2) is 0 Å². The molecule has 1 rings (SSSR count). The Morgan fingerprint density at radius 3 is 0.818 bits per heavy atom. The Balaban J connectivity index is -0.0000000317. The average Bonchev–Trinajstić information content (AvgIpc) is 1.96. The van der Waals surface area contributed by atoms with Gasteiger partial charge in [-0.3, -0.25) is 0 Å². The van der Waals surface area contributed by atoms with Crippen LogP contribution < -0.4 is 0 Å². The van der Waals surface area contributed by atoms with E-state index in [4.69, 9.17) is 3.67 Å². The Labute approximate surface area is 82.2 Å². The van der Waals surface area contributed by atoms with Crippen LogP contribution in [0, 0.1) is 7.43 Å². The SMILES string of the molecule is C1CCC1.CC.CC.[CH3-].[O]=[V]. The van der Waals surface area contributed by atoms with Crippen LogP contribution in [0.15, 0.2) is 0 Å². The van der Waals surface area contributed by atoms with Crippen molar-refractivity contribution in [2.75, 3.05) is 0 Å². The molecule has 2 heteroatoms. The summed E-state index contributed by atoms with van der Waals surface area (Å²) in [6.45, 7) is 8.00. The molecular formula is C9H23OV-. The van der Waals surface area contributed by atoms with Gasteiger partial charge in [-0.15, -0.1) is 0 Å². The number of hydrogen-bond acceptors (Lipinski definition) is 1. The Kier molecular flexibility index (Phi) is 97.4. The quantitative estimate of drug-likeness (QED) is 0.539. The van der Waals surface area contributed by atoms with Gasteiger partial charge in [0.1, 0.15) is 0 Å². The second-order valence-electron chi connectivity index (χ2n) is 1.41. The zero-order valence-corrected chi connectivity index (χ0v) is 10.1. The summed E-state index contributed by atoms with van der Waals surface area (Å²) < 4.78 is 8.19. The van der Waals surface area contributed by atoms with Gasteiger partial charge in [0.05, 0.1) is 0 Å². The molecule has 11 heavy (non-hydrogen) atoms. The molecule has 0 spiro atoms. The van der Waals surface area contributed by atoms with Crippen LogP contribution in [-0.4, -0.2) is 0 Å². The molecule has 0 amide bonds. The van der Waals surface area contributed by atoms with E-state index in [1.165, 1.54) is 25.7 Å². The fourth-order valence-electron chi connectivity index (χ4n) is 0.250. The molecule has 0 aromatic rings. The van der Waals surface area contributed by atoms with Crippen LogP contribution in [-0.2, 0) is 21.0 Å². The molecule has 1 aliphatic rings. The molecule has 1 saturated carbocycles. The standard InChI is InChI=1S/C4H8.2C2H6.CH3.O.V/c1-2-4-3-1;2*1-2;;;/h1-4H2;2*1-2H3;1H3;;/q;;;-1;;. The normalized spacial score (nSPS) is 10.1. The molecule has 0 saturated heterocycles. The van der Waals surface area contributed by atoms with Gasteiger partial charge in [0.2, 0.25) is 0 Å². The van der Waals surface area contributed by atoms with Gasteiger partial charge in [-0.1, -0.05) is 53.4 Å². The molecule has 0 aromatic heterocycles. The van der Waals surface area contributed by atoms with Gasteiger partial charge < -0.3 is 7.43 Å². The molecule has 0 aromatic carbocycles. The van der Waals surface area contributed by atoms with Crippen LogP contribution in [0.3, 0.4) is 0 Å². The van der Waals surface area contributed by atoms with Gasteiger partial charge in [-0.25, -0.2) is 0 Å². The molecule has 71 valence electrons. The maximum atomic E-state index is 8.19. The van der Waals surface area contributed by atoms with Crippen molar-refractivity contribution in [2.45, 2.75) is 53.4 Å².